The molecule has 0 aliphatic carbocycles. The summed E-state index contributed by atoms with van der Waals surface area (Å²) in [5.41, 5.74) is -0.366. The highest BCUT2D eigenvalue weighted by molar-refractivity contribution is 7.15. The minimum absolute atomic E-state index is 0.0645. The van der Waals surface area contributed by atoms with Gasteiger partial charge < -0.3 is 10.0 Å². The van der Waals surface area contributed by atoms with Gasteiger partial charge in [-0.25, -0.2) is 9.98 Å². The number of amides is 1. The van der Waals surface area contributed by atoms with Gasteiger partial charge in [0.1, 0.15) is 0 Å². The summed E-state index contributed by atoms with van der Waals surface area (Å²) in [6.07, 6.45) is -2.52. The first kappa shape index (κ1) is 24.7. The Morgan fingerprint density at radius 3 is 2.63 bits per heavy atom. The normalized spacial score (nSPS) is 17.9. The first-order valence-electron chi connectivity index (χ1n) is 10.5. The van der Waals surface area contributed by atoms with E-state index in [9.17, 15) is 23.1 Å². The van der Waals surface area contributed by atoms with Crippen LogP contribution in [0.25, 0.3) is 5.57 Å². The fourth-order valence-electron chi connectivity index (χ4n) is 3.80. The van der Waals surface area contributed by atoms with Gasteiger partial charge in [0.25, 0.3) is 5.91 Å². The molecule has 182 valence electrons. The number of carbonyl (C=O) groups is 1. The number of aliphatic hydroxyl groups excluding tert-OH is 1. The molecule has 0 bridgehead atoms. The summed E-state index contributed by atoms with van der Waals surface area (Å²) in [7, 11) is 1.76. The second-order valence-electron chi connectivity index (χ2n) is 7.81. The van der Waals surface area contributed by atoms with E-state index < -0.39 is 23.7 Å². The van der Waals surface area contributed by atoms with E-state index in [1.165, 1.54) is 28.4 Å². The maximum absolute atomic E-state index is 13.8. The van der Waals surface area contributed by atoms with E-state index in [-0.39, 0.29) is 17.7 Å². The summed E-state index contributed by atoms with van der Waals surface area (Å²) in [5, 5.41) is 9.95. The van der Waals surface area contributed by atoms with Crippen LogP contribution < -0.4 is 0 Å². The number of benzene rings is 2. The molecule has 1 aromatic heterocycles. The lowest BCUT2D eigenvalue weighted by molar-refractivity contribution is -0.137. The molecule has 0 saturated carbocycles. The van der Waals surface area contributed by atoms with Crippen molar-refractivity contribution < 1.29 is 23.1 Å². The highest BCUT2D eigenvalue weighted by atomic mass is 35.5. The van der Waals surface area contributed by atoms with Gasteiger partial charge in [0, 0.05) is 19.8 Å². The number of aromatic nitrogens is 1. The molecule has 1 fully saturated rings. The molecule has 3 aromatic rings. The second-order valence-corrected chi connectivity index (χ2v) is 9.45. The van der Waals surface area contributed by atoms with Crippen LogP contribution >= 0.6 is 22.9 Å². The lowest BCUT2D eigenvalue weighted by Crippen LogP contribution is -2.38. The van der Waals surface area contributed by atoms with Crippen LogP contribution in [0.2, 0.25) is 4.47 Å². The van der Waals surface area contributed by atoms with Gasteiger partial charge in [-0.05, 0) is 23.3 Å². The van der Waals surface area contributed by atoms with Crippen LogP contribution in [0, 0.1) is 0 Å². The molecule has 11 heteroatoms. The molecule has 6 nitrogen and oxygen atoms in total. The molecule has 1 saturated heterocycles. The third-order valence-electron chi connectivity index (χ3n) is 5.46. The second kappa shape index (κ2) is 10.1. The third-order valence-corrected chi connectivity index (χ3v) is 6.68. The van der Waals surface area contributed by atoms with Crippen molar-refractivity contribution in [2.45, 2.75) is 18.8 Å². The average Bonchev–Trinajstić information content (AvgIpc) is 3.41. The number of thiazole rings is 1. The average molecular weight is 521 g/mol. The van der Waals surface area contributed by atoms with E-state index >= 15 is 0 Å². The van der Waals surface area contributed by atoms with Crippen LogP contribution in [0.1, 0.15) is 27.6 Å². The number of guanidine groups is 1. The predicted octanol–water partition coefficient (Wildman–Crippen LogP) is 5.79. The maximum atomic E-state index is 13.8. The Morgan fingerprint density at radius 2 is 2.00 bits per heavy atom. The van der Waals surface area contributed by atoms with Crippen molar-refractivity contribution in [1.29, 1.82) is 0 Å². The number of aliphatic hydroxyl groups is 1. The zero-order valence-corrected chi connectivity index (χ0v) is 20.0. The third kappa shape index (κ3) is 5.33. The number of nitrogens with zero attached hydrogens (tertiary/aromatic N) is 4. The Bertz CT molecular complexity index is 1280. The van der Waals surface area contributed by atoms with Crippen LogP contribution in [0.4, 0.5) is 13.2 Å². The first-order valence-corrected chi connectivity index (χ1v) is 11.6. The number of hydrogen-bond donors (Lipinski definition) is 1. The Morgan fingerprint density at radius 1 is 1.26 bits per heavy atom. The van der Waals surface area contributed by atoms with E-state index in [0.29, 0.717) is 28.1 Å². The maximum Gasteiger partial charge on any atom is 0.416 e. The largest absolute Gasteiger partial charge is 0.515 e. The number of rotatable bonds is 5. The fourth-order valence-corrected chi connectivity index (χ4v) is 4.84. The minimum atomic E-state index is -4.60. The Hall–Kier alpha value is -3.37. The van der Waals surface area contributed by atoms with Crippen molar-refractivity contribution in [3.8, 4) is 0 Å². The summed E-state index contributed by atoms with van der Waals surface area (Å²) >= 11 is 7.22. The van der Waals surface area contributed by atoms with Crippen molar-refractivity contribution in [3.63, 3.8) is 0 Å². The van der Waals surface area contributed by atoms with Crippen molar-refractivity contribution in [1.82, 2.24) is 14.8 Å². The van der Waals surface area contributed by atoms with Gasteiger partial charge in [-0.1, -0.05) is 54.1 Å². The topological polar surface area (TPSA) is 69.0 Å². The standard InChI is InChI=1S/C24H20ClF3N4O2S/c1-31-13-19(20-12-29-22(25)35-20)32(23(31)30-11-15-6-3-2-4-7-15)21(34)18(14-33)16-8-5-9-17(10-16)24(26,27)28/h2-10,12,14,19,33H,11,13H2,1H3. The highest BCUT2D eigenvalue weighted by Crippen LogP contribution is 2.37. The van der Waals surface area contributed by atoms with Gasteiger partial charge in [0.15, 0.2) is 4.47 Å². The molecule has 0 spiro atoms. The van der Waals surface area contributed by atoms with Gasteiger partial charge in [-0.3, -0.25) is 9.69 Å². The van der Waals surface area contributed by atoms with Crippen molar-refractivity contribution in [2.75, 3.05) is 13.6 Å². The number of halogens is 4. The molecule has 1 N–H and O–H groups in total. The van der Waals surface area contributed by atoms with Crippen LogP contribution in [0.5, 0.6) is 0 Å². The van der Waals surface area contributed by atoms with Crippen LogP contribution in [-0.4, -0.2) is 45.3 Å². The molecule has 1 unspecified atom stereocenters. The highest BCUT2D eigenvalue weighted by Gasteiger charge is 2.41. The minimum Gasteiger partial charge on any atom is -0.515 e. The molecule has 4 rings (SSSR count). The van der Waals surface area contributed by atoms with Gasteiger partial charge in [0.2, 0.25) is 5.96 Å². The number of aliphatic imine (C=N–C) groups is 1. The van der Waals surface area contributed by atoms with E-state index in [1.54, 1.807) is 18.1 Å². The Balaban J connectivity index is 1.75. The SMILES string of the molecule is CN1CC(c2cnc(Cl)s2)N(C(=O)C(=CO)c2cccc(C(F)(F)F)c2)C1=NCc1ccccc1. The number of alkyl halides is 3. The Kier molecular flexibility index (Phi) is 7.13. The summed E-state index contributed by atoms with van der Waals surface area (Å²) in [6, 6.07) is 13.1. The van der Waals surface area contributed by atoms with E-state index in [2.05, 4.69) is 9.98 Å². The van der Waals surface area contributed by atoms with Crippen molar-refractivity contribution >= 4 is 40.4 Å². The zero-order valence-electron chi connectivity index (χ0n) is 18.4. The number of likely N-dealkylation sites (N-methyl/N-ethyl adjacent to an activating group) is 1. The Labute approximate surface area is 208 Å². The molecule has 2 aromatic carbocycles. The smallest absolute Gasteiger partial charge is 0.416 e. The van der Waals surface area contributed by atoms with E-state index in [1.807, 2.05) is 30.3 Å². The van der Waals surface area contributed by atoms with Crippen molar-refractivity contribution in [3.05, 3.63) is 93.1 Å². The zero-order chi connectivity index (χ0) is 25.2. The summed E-state index contributed by atoms with van der Waals surface area (Å²) in [6.45, 7) is 0.640. The van der Waals surface area contributed by atoms with Gasteiger partial charge in [0.05, 0.1) is 34.9 Å². The fraction of sp³-hybridized carbons (Fsp3) is 0.208. The molecule has 2 heterocycles. The van der Waals surface area contributed by atoms with Crippen molar-refractivity contribution in [2.24, 2.45) is 4.99 Å². The summed E-state index contributed by atoms with van der Waals surface area (Å²) < 4.78 is 40.1. The number of hydrogen-bond acceptors (Lipinski definition) is 5. The molecular formula is C24H20ClF3N4O2S. The van der Waals surface area contributed by atoms with Crippen LogP contribution in [0.15, 0.2) is 72.0 Å². The lowest BCUT2D eigenvalue weighted by Gasteiger charge is -2.24. The summed E-state index contributed by atoms with van der Waals surface area (Å²) in [4.78, 5) is 26.3. The molecular weight excluding hydrogens is 501 g/mol. The monoisotopic (exact) mass is 520 g/mol. The molecule has 1 aliphatic rings. The molecule has 1 amide bonds. The van der Waals surface area contributed by atoms with Crippen LogP contribution in [-0.2, 0) is 17.5 Å². The van der Waals surface area contributed by atoms with Crippen LogP contribution in [0.3, 0.4) is 0 Å². The predicted molar refractivity (Wildman–Crippen MR) is 129 cm³/mol. The van der Waals surface area contributed by atoms with E-state index in [0.717, 1.165) is 17.7 Å². The first-order chi connectivity index (χ1) is 16.7. The van der Waals surface area contributed by atoms with Gasteiger partial charge >= 0.3 is 6.18 Å². The van der Waals surface area contributed by atoms with Gasteiger partial charge in [-0.15, -0.1) is 11.3 Å². The molecule has 1 atom stereocenters. The lowest BCUT2D eigenvalue weighted by atomic mass is 10.0. The molecule has 35 heavy (non-hydrogen) atoms. The molecule has 1 aliphatic heterocycles. The van der Waals surface area contributed by atoms with E-state index in [4.69, 9.17) is 11.6 Å². The van der Waals surface area contributed by atoms with Gasteiger partial charge in [-0.2, -0.15) is 13.2 Å². The summed E-state index contributed by atoms with van der Waals surface area (Å²) in [5.74, 6) is -0.378. The number of carbonyl (C=O) groups excluding carboxylic acids is 1. The molecule has 0 radical (unpaired) electrons. The quantitative estimate of drug-likeness (QED) is 0.342.